The van der Waals surface area contributed by atoms with Crippen molar-refractivity contribution in [1.29, 1.82) is 0 Å². The lowest BCUT2D eigenvalue weighted by Gasteiger charge is -2.19. The third-order valence-electron chi connectivity index (χ3n) is 4.61. The molecule has 166 valence electrons. The highest BCUT2D eigenvalue weighted by Crippen LogP contribution is 2.47. The second-order valence-corrected chi connectivity index (χ2v) is 11.6. The van der Waals surface area contributed by atoms with Crippen molar-refractivity contribution in [2.24, 2.45) is 5.41 Å². The highest BCUT2D eigenvalue weighted by atomic mass is 127. The quantitative estimate of drug-likeness (QED) is 0.235. The fraction of sp³-hybridized carbons (Fsp3) is 0.647. The van der Waals surface area contributed by atoms with E-state index in [1.807, 2.05) is 0 Å². The number of alkyl halides is 1. The fourth-order valence-corrected chi connectivity index (χ4v) is 4.35. The van der Waals surface area contributed by atoms with E-state index >= 15 is 0 Å². The van der Waals surface area contributed by atoms with Crippen LogP contribution in [0.25, 0.3) is 11.2 Å². The van der Waals surface area contributed by atoms with Gasteiger partial charge in [-0.05, 0) is 0 Å². The number of hydrogen-bond donors (Lipinski definition) is 1. The summed E-state index contributed by atoms with van der Waals surface area (Å²) < 4.78 is 35.3. The van der Waals surface area contributed by atoms with Crippen LogP contribution < -0.4 is 5.73 Å². The van der Waals surface area contributed by atoms with Crippen molar-refractivity contribution in [2.75, 3.05) is 26.3 Å². The molecule has 2 aromatic heterocycles. The minimum atomic E-state index is -3.32. The molecule has 1 fully saturated rings. The minimum Gasteiger partial charge on any atom is -0.382 e. The van der Waals surface area contributed by atoms with Crippen molar-refractivity contribution in [3.63, 3.8) is 0 Å². The fourth-order valence-electron chi connectivity index (χ4n) is 2.85. The molecule has 2 N–H and O–H groups in total. The first-order valence-corrected chi connectivity index (χ1v) is 12.1. The standard InChI is InChI=1S/C17H25IN5O6P/c1-17(2,3)12(24)14-21-13(19)11-15(22-14)23(7-20-11)10-6-9(18)16(29-10)28-8-30(25,26-4)27-5/h7,9-10,16H,6,8H2,1-5H3,(H2,19,21,22). The van der Waals surface area contributed by atoms with E-state index in [9.17, 15) is 9.36 Å². The van der Waals surface area contributed by atoms with Gasteiger partial charge in [0.05, 0.1) is 10.3 Å². The maximum atomic E-state index is 12.6. The van der Waals surface area contributed by atoms with Crippen LogP contribution in [0.3, 0.4) is 0 Å². The maximum absolute atomic E-state index is 12.6. The number of halogens is 1. The molecule has 3 rings (SSSR count). The number of ketones is 1. The molecule has 1 aliphatic heterocycles. The molecule has 3 unspecified atom stereocenters. The highest BCUT2D eigenvalue weighted by Gasteiger charge is 2.38. The zero-order valence-electron chi connectivity index (χ0n) is 17.4. The van der Waals surface area contributed by atoms with Crippen LogP contribution in [0.2, 0.25) is 0 Å². The van der Waals surface area contributed by atoms with Gasteiger partial charge in [-0.1, -0.05) is 43.4 Å². The summed E-state index contributed by atoms with van der Waals surface area (Å²) in [4.78, 5) is 25.5. The van der Waals surface area contributed by atoms with Crippen molar-refractivity contribution in [2.45, 2.75) is 43.6 Å². The van der Waals surface area contributed by atoms with Gasteiger partial charge in [-0.25, -0.2) is 15.0 Å². The highest BCUT2D eigenvalue weighted by molar-refractivity contribution is 14.1. The van der Waals surface area contributed by atoms with Crippen LogP contribution in [0.4, 0.5) is 5.82 Å². The van der Waals surface area contributed by atoms with Crippen molar-refractivity contribution in [3.8, 4) is 0 Å². The van der Waals surface area contributed by atoms with Gasteiger partial charge in [0.1, 0.15) is 11.7 Å². The Morgan fingerprint density at radius 2 is 2.03 bits per heavy atom. The number of anilines is 1. The maximum Gasteiger partial charge on any atom is 0.355 e. The average Bonchev–Trinajstić information content (AvgIpc) is 3.28. The summed E-state index contributed by atoms with van der Waals surface area (Å²) in [7, 11) is -0.724. The van der Waals surface area contributed by atoms with Crippen LogP contribution in [0, 0.1) is 5.41 Å². The molecule has 11 nitrogen and oxygen atoms in total. The normalized spacial score (nSPS) is 22.7. The largest absolute Gasteiger partial charge is 0.382 e. The lowest BCUT2D eigenvalue weighted by Crippen LogP contribution is -2.23. The summed E-state index contributed by atoms with van der Waals surface area (Å²) in [5, 5.41) is 0. The number of nitrogens with zero attached hydrogens (tertiary/aromatic N) is 4. The van der Waals surface area contributed by atoms with E-state index in [1.165, 1.54) is 14.2 Å². The second-order valence-electron chi connectivity index (χ2n) is 7.82. The summed E-state index contributed by atoms with van der Waals surface area (Å²) in [6, 6.07) is 0. The summed E-state index contributed by atoms with van der Waals surface area (Å²) in [5.74, 6) is -0.0597. The number of nitrogen functional groups attached to an aromatic ring is 1. The Morgan fingerprint density at radius 3 is 2.63 bits per heavy atom. The van der Waals surface area contributed by atoms with Crippen LogP contribution in [0.15, 0.2) is 6.33 Å². The van der Waals surface area contributed by atoms with Crippen LogP contribution in [-0.4, -0.2) is 56.1 Å². The molecule has 13 heteroatoms. The molecule has 0 bridgehead atoms. The zero-order chi connectivity index (χ0) is 22.3. The molecule has 0 aromatic carbocycles. The molecule has 0 radical (unpaired) electrons. The van der Waals surface area contributed by atoms with E-state index in [4.69, 9.17) is 24.3 Å². The van der Waals surface area contributed by atoms with Gasteiger partial charge in [-0.15, -0.1) is 0 Å². The van der Waals surface area contributed by atoms with Crippen LogP contribution in [0.5, 0.6) is 0 Å². The summed E-state index contributed by atoms with van der Waals surface area (Å²) in [5.41, 5.74) is 6.17. The monoisotopic (exact) mass is 553 g/mol. The van der Waals surface area contributed by atoms with Crippen LogP contribution in [-0.2, 0) is 23.1 Å². The van der Waals surface area contributed by atoms with Gasteiger partial charge >= 0.3 is 7.60 Å². The first-order chi connectivity index (χ1) is 14.0. The molecular weight excluding hydrogens is 528 g/mol. The number of aromatic nitrogens is 4. The summed E-state index contributed by atoms with van der Waals surface area (Å²) >= 11 is 2.20. The Hall–Kier alpha value is -1.18. The van der Waals surface area contributed by atoms with E-state index in [1.54, 1.807) is 31.7 Å². The average molecular weight is 553 g/mol. The number of ether oxygens (including phenoxy) is 2. The number of fused-ring (bicyclic) bond motifs is 1. The first kappa shape index (κ1) is 23.5. The third-order valence-corrected chi connectivity index (χ3v) is 7.28. The van der Waals surface area contributed by atoms with E-state index in [2.05, 4.69) is 37.5 Å². The Bertz CT molecular complexity index is 985. The van der Waals surface area contributed by atoms with Crippen LogP contribution in [0.1, 0.15) is 44.0 Å². The second kappa shape index (κ2) is 8.75. The molecule has 2 aromatic rings. The molecule has 30 heavy (non-hydrogen) atoms. The third kappa shape index (κ3) is 4.68. The summed E-state index contributed by atoms with van der Waals surface area (Å²) in [6.45, 7) is 5.37. The van der Waals surface area contributed by atoms with Gasteiger partial charge < -0.3 is 24.3 Å². The number of Topliss-reactive ketones (excluding diaryl/α,β-unsaturated/α-hetero) is 1. The molecule has 0 saturated carbocycles. The Balaban J connectivity index is 1.86. The molecule has 1 aliphatic rings. The zero-order valence-corrected chi connectivity index (χ0v) is 20.4. The summed E-state index contributed by atoms with van der Waals surface area (Å²) in [6.07, 6.45) is 0.792. The van der Waals surface area contributed by atoms with E-state index in [-0.39, 0.29) is 27.7 Å². The molecule has 0 aliphatic carbocycles. The molecule has 3 atom stereocenters. The van der Waals surface area contributed by atoms with Crippen molar-refractivity contribution >= 4 is 53.0 Å². The molecular formula is C17H25IN5O6P. The SMILES string of the molecule is COP(=O)(COC1OC(n2cnc3c(N)nc(C(=O)C(C)(C)C)nc32)CC1I)OC. The van der Waals surface area contributed by atoms with E-state index in [0.29, 0.717) is 17.6 Å². The van der Waals surface area contributed by atoms with Gasteiger partial charge in [-0.3, -0.25) is 13.9 Å². The van der Waals surface area contributed by atoms with Gasteiger partial charge in [0.25, 0.3) is 0 Å². The van der Waals surface area contributed by atoms with Crippen molar-refractivity contribution in [1.82, 2.24) is 19.5 Å². The lowest BCUT2D eigenvalue weighted by atomic mass is 9.90. The Morgan fingerprint density at radius 1 is 1.37 bits per heavy atom. The number of rotatable bonds is 7. The molecule has 0 spiro atoms. The number of nitrogens with two attached hydrogens (primary N) is 1. The van der Waals surface area contributed by atoms with E-state index in [0.717, 1.165) is 0 Å². The smallest absolute Gasteiger partial charge is 0.355 e. The van der Waals surface area contributed by atoms with Crippen LogP contribution >= 0.6 is 30.2 Å². The molecule has 0 amide bonds. The number of carbonyl (C=O) groups is 1. The first-order valence-electron chi connectivity index (χ1n) is 9.15. The van der Waals surface area contributed by atoms with Gasteiger partial charge in [0.2, 0.25) is 11.6 Å². The topological polar surface area (TPSA) is 141 Å². The lowest BCUT2D eigenvalue weighted by molar-refractivity contribution is -0.137. The van der Waals surface area contributed by atoms with Gasteiger partial charge in [0.15, 0.2) is 24.1 Å². The molecule has 3 heterocycles. The number of imidazole rings is 1. The number of carbonyl (C=O) groups excluding carboxylic acids is 1. The molecule has 1 saturated heterocycles. The van der Waals surface area contributed by atoms with Crippen molar-refractivity contribution < 1.29 is 27.9 Å². The predicted molar refractivity (Wildman–Crippen MR) is 117 cm³/mol. The van der Waals surface area contributed by atoms with Gasteiger partial charge in [0, 0.05) is 26.1 Å². The van der Waals surface area contributed by atoms with Gasteiger partial charge in [-0.2, -0.15) is 0 Å². The number of hydrogen-bond acceptors (Lipinski definition) is 10. The predicted octanol–water partition coefficient (Wildman–Crippen LogP) is 3.15. The minimum absolute atomic E-state index is 0.0344. The van der Waals surface area contributed by atoms with Crippen molar-refractivity contribution in [3.05, 3.63) is 12.2 Å². The Kier molecular flexibility index (Phi) is 6.85. The Labute approximate surface area is 187 Å². The van der Waals surface area contributed by atoms with E-state index < -0.39 is 25.5 Å².